The first-order valence-electron chi connectivity index (χ1n) is 6.04. The molecule has 0 saturated carbocycles. The van der Waals surface area contributed by atoms with Gasteiger partial charge < -0.3 is 0 Å². The van der Waals surface area contributed by atoms with E-state index in [0.29, 0.717) is 6.42 Å². The Morgan fingerprint density at radius 3 is 2.84 bits per heavy atom. The highest BCUT2D eigenvalue weighted by Gasteiger charge is 2.29. The Bertz CT molecular complexity index is 709. The predicted molar refractivity (Wildman–Crippen MR) is 69.9 cm³/mol. The lowest BCUT2D eigenvalue weighted by Gasteiger charge is -2.07. The molecule has 1 fully saturated rings. The van der Waals surface area contributed by atoms with Gasteiger partial charge in [0.25, 0.3) is 0 Å². The first kappa shape index (κ1) is 12.3. The SMILES string of the molecule is O=S1(=O)CCC(n2cc(-c3cccc(F)c3)cn2)C1. The van der Waals surface area contributed by atoms with Crippen LogP contribution < -0.4 is 0 Å². The monoisotopic (exact) mass is 280 g/mol. The van der Waals surface area contributed by atoms with Crippen LogP contribution in [-0.2, 0) is 9.84 Å². The van der Waals surface area contributed by atoms with Crippen LogP contribution in [0.4, 0.5) is 4.39 Å². The Morgan fingerprint density at radius 2 is 2.16 bits per heavy atom. The maximum atomic E-state index is 13.2. The Balaban J connectivity index is 1.88. The Labute approximate surface area is 110 Å². The second-order valence-electron chi connectivity index (χ2n) is 4.78. The third-order valence-corrected chi connectivity index (χ3v) is 5.09. The Morgan fingerprint density at radius 1 is 1.32 bits per heavy atom. The van der Waals surface area contributed by atoms with Crippen LogP contribution in [0.2, 0.25) is 0 Å². The van der Waals surface area contributed by atoms with Crippen LogP contribution in [0.5, 0.6) is 0 Å². The van der Waals surface area contributed by atoms with E-state index in [1.807, 2.05) is 0 Å². The van der Waals surface area contributed by atoms with Crippen molar-refractivity contribution in [2.45, 2.75) is 12.5 Å². The van der Waals surface area contributed by atoms with Gasteiger partial charge in [-0.1, -0.05) is 12.1 Å². The molecule has 1 aliphatic heterocycles. The molecule has 0 N–H and O–H groups in total. The molecule has 19 heavy (non-hydrogen) atoms. The predicted octanol–water partition coefficient (Wildman–Crippen LogP) is 2.05. The maximum absolute atomic E-state index is 13.2. The summed E-state index contributed by atoms with van der Waals surface area (Å²) in [5, 5.41) is 4.20. The Hall–Kier alpha value is -1.69. The Kier molecular flexibility index (Phi) is 2.89. The van der Waals surface area contributed by atoms with Crippen molar-refractivity contribution in [1.29, 1.82) is 0 Å². The van der Waals surface area contributed by atoms with Gasteiger partial charge in [0, 0.05) is 11.8 Å². The van der Waals surface area contributed by atoms with Crippen molar-refractivity contribution in [3.8, 4) is 11.1 Å². The molecule has 6 heteroatoms. The standard InChI is InChI=1S/C13H13FN2O2S/c14-12-3-1-2-10(6-12)11-7-15-16(8-11)13-4-5-19(17,18)9-13/h1-3,6-8,13H,4-5,9H2. The van der Waals surface area contributed by atoms with Crippen LogP contribution in [0, 0.1) is 5.82 Å². The van der Waals surface area contributed by atoms with Gasteiger partial charge in [0.2, 0.25) is 0 Å². The van der Waals surface area contributed by atoms with Gasteiger partial charge in [0.05, 0.1) is 23.7 Å². The molecule has 1 aliphatic rings. The first-order chi connectivity index (χ1) is 9.03. The normalized spacial score (nSPS) is 21.6. The van der Waals surface area contributed by atoms with Crippen LogP contribution in [0.15, 0.2) is 36.7 Å². The van der Waals surface area contributed by atoms with Gasteiger partial charge >= 0.3 is 0 Å². The van der Waals surface area contributed by atoms with Gasteiger partial charge in [0.1, 0.15) is 5.82 Å². The molecule has 0 bridgehead atoms. The minimum atomic E-state index is -2.93. The number of sulfone groups is 1. The summed E-state index contributed by atoms with van der Waals surface area (Å²) in [6, 6.07) is 6.16. The lowest BCUT2D eigenvalue weighted by Crippen LogP contribution is -2.11. The zero-order valence-electron chi connectivity index (χ0n) is 10.2. The fraction of sp³-hybridized carbons (Fsp3) is 0.308. The van der Waals surface area contributed by atoms with Gasteiger partial charge in [0.15, 0.2) is 9.84 Å². The lowest BCUT2D eigenvalue weighted by molar-refractivity contribution is 0.500. The number of nitrogens with zero attached hydrogens (tertiary/aromatic N) is 2. The van der Waals surface area contributed by atoms with Crippen LogP contribution in [0.1, 0.15) is 12.5 Å². The molecule has 1 aromatic carbocycles. The summed E-state index contributed by atoms with van der Waals surface area (Å²) in [6.45, 7) is 0. The van der Waals surface area contributed by atoms with Gasteiger partial charge in [-0.2, -0.15) is 5.10 Å². The molecular weight excluding hydrogens is 267 g/mol. The molecule has 2 aromatic rings. The molecule has 0 amide bonds. The van der Waals surface area contributed by atoms with Crippen molar-refractivity contribution in [2.24, 2.45) is 0 Å². The summed E-state index contributed by atoms with van der Waals surface area (Å²) in [7, 11) is -2.93. The molecule has 0 spiro atoms. The largest absolute Gasteiger partial charge is 0.268 e. The quantitative estimate of drug-likeness (QED) is 0.846. The third kappa shape index (κ3) is 2.53. The van der Waals surface area contributed by atoms with Crippen molar-refractivity contribution in [2.75, 3.05) is 11.5 Å². The molecule has 1 saturated heterocycles. The summed E-state index contributed by atoms with van der Waals surface area (Å²) in [6.07, 6.45) is 4.01. The van der Waals surface area contributed by atoms with E-state index in [1.54, 1.807) is 29.2 Å². The molecule has 1 unspecified atom stereocenters. The van der Waals surface area contributed by atoms with Crippen molar-refractivity contribution >= 4 is 9.84 Å². The minimum absolute atomic E-state index is 0.104. The van der Waals surface area contributed by atoms with Crippen molar-refractivity contribution < 1.29 is 12.8 Å². The first-order valence-corrected chi connectivity index (χ1v) is 7.86. The number of benzene rings is 1. The van der Waals surface area contributed by atoms with Crippen LogP contribution in [0.3, 0.4) is 0 Å². The number of rotatable bonds is 2. The molecule has 2 heterocycles. The molecule has 100 valence electrons. The van der Waals surface area contributed by atoms with E-state index in [1.165, 1.54) is 12.1 Å². The second kappa shape index (κ2) is 4.45. The minimum Gasteiger partial charge on any atom is -0.268 e. The van der Waals surface area contributed by atoms with E-state index in [9.17, 15) is 12.8 Å². The molecule has 4 nitrogen and oxygen atoms in total. The summed E-state index contributed by atoms with van der Waals surface area (Å²) < 4.78 is 37.7. The second-order valence-corrected chi connectivity index (χ2v) is 7.00. The lowest BCUT2D eigenvalue weighted by atomic mass is 10.1. The number of aromatic nitrogens is 2. The van der Waals surface area contributed by atoms with Crippen LogP contribution >= 0.6 is 0 Å². The average molecular weight is 280 g/mol. The molecule has 0 aliphatic carbocycles. The van der Waals surface area contributed by atoms with Crippen molar-refractivity contribution in [3.05, 3.63) is 42.5 Å². The van der Waals surface area contributed by atoms with Gasteiger partial charge in [-0.25, -0.2) is 12.8 Å². The van der Waals surface area contributed by atoms with Gasteiger partial charge in [-0.05, 0) is 24.1 Å². The van der Waals surface area contributed by atoms with Crippen LogP contribution in [0.25, 0.3) is 11.1 Å². The van der Waals surface area contributed by atoms with Crippen molar-refractivity contribution in [1.82, 2.24) is 9.78 Å². The zero-order valence-corrected chi connectivity index (χ0v) is 11.0. The summed E-state index contributed by atoms with van der Waals surface area (Å²) in [5.41, 5.74) is 1.54. The van der Waals surface area contributed by atoms with E-state index in [-0.39, 0.29) is 23.4 Å². The average Bonchev–Trinajstić information content (AvgIpc) is 2.95. The molecule has 1 atom stereocenters. The van der Waals surface area contributed by atoms with E-state index >= 15 is 0 Å². The van der Waals surface area contributed by atoms with Crippen LogP contribution in [-0.4, -0.2) is 29.7 Å². The molecule has 3 rings (SSSR count). The van der Waals surface area contributed by atoms with E-state index in [4.69, 9.17) is 0 Å². The maximum Gasteiger partial charge on any atom is 0.152 e. The van der Waals surface area contributed by atoms with Crippen molar-refractivity contribution in [3.63, 3.8) is 0 Å². The number of hydrogen-bond acceptors (Lipinski definition) is 3. The van der Waals surface area contributed by atoms with E-state index in [0.717, 1.165) is 11.1 Å². The highest BCUT2D eigenvalue weighted by molar-refractivity contribution is 7.91. The highest BCUT2D eigenvalue weighted by atomic mass is 32.2. The molecular formula is C13H13FN2O2S. The highest BCUT2D eigenvalue weighted by Crippen LogP contribution is 2.26. The smallest absolute Gasteiger partial charge is 0.152 e. The fourth-order valence-electron chi connectivity index (χ4n) is 2.34. The summed E-state index contributed by atoms with van der Waals surface area (Å²) >= 11 is 0. The summed E-state index contributed by atoms with van der Waals surface area (Å²) in [5.74, 6) is 0.0538. The third-order valence-electron chi connectivity index (χ3n) is 3.34. The molecule has 0 radical (unpaired) electrons. The number of halogens is 1. The fourth-order valence-corrected chi connectivity index (χ4v) is 4.04. The topological polar surface area (TPSA) is 52.0 Å². The van der Waals surface area contributed by atoms with E-state index in [2.05, 4.69) is 5.10 Å². The van der Waals surface area contributed by atoms with Gasteiger partial charge in [-0.15, -0.1) is 0 Å². The number of hydrogen-bond donors (Lipinski definition) is 0. The summed E-state index contributed by atoms with van der Waals surface area (Å²) in [4.78, 5) is 0. The van der Waals surface area contributed by atoms with Gasteiger partial charge in [-0.3, -0.25) is 4.68 Å². The zero-order chi connectivity index (χ0) is 13.5. The van der Waals surface area contributed by atoms with E-state index < -0.39 is 9.84 Å². The molecule has 1 aromatic heterocycles.